The van der Waals surface area contributed by atoms with Gasteiger partial charge in [-0.05, 0) is 56.3 Å². The van der Waals surface area contributed by atoms with E-state index in [1.54, 1.807) is 13.2 Å². The van der Waals surface area contributed by atoms with E-state index in [-0.39, 0.29) is 5.02 Å². The molecule has 2 aromatic rings. The van der Waals surface area contributed by atoms with E-state index in [0.717, 1.165) is 56.9 Å². The predicted octanol–water partition coefficient (Wildman–Crippen LogP) is 4.25. The largest absolute Gasteiger partial charge is 0.496 e. The Morgan fingerprint density at radius 1 is 1.07 bits per heavy atom. The van der Waals surface area contributed by atoms with Crippen molar-refractivity contribution < 1.29 is 13.9 Å². The number of likely N-dealkylation sites (N-methyl/N-ethyl adjacent to an activating group) is 1. The van der Waals surface area contributed by atoms with Gasteiger partial charge in [-0.1, -0.05) is 17.7 Å². The van der Waals surface area contributed by atoms with Gasteiger partial charge in [0.2, 0.25) is 0 Å². The Morgan fingerprint density at radius 2 is 1.86 bits per heavy atom. The average molecular weight is 407 g/mol. The fraction of sp³-hybridized carbons (Fsp3) is 0.455. The molecule has 4 nitrogen and oxygen atoms in total. The molecule has 1 aliphatic heterocycles. The summed E-state index contributed by atoms with van der Waals surface area (Å²) in [5.41, 5.74) is 2.24. The van der Waals surface area contributed by atoms with Gasteiger partial charge in [-0.25, -0.2) is 4.39 Å². The zero-order valence-electron chi connectivity index (χ0n) is 16.6. The molecular formula is C22H28ClFN2O2. The fourth-order valence-electron chi connectivity index (χ4n) is 3.41. The SMILES string of the molecule is COc1ccc(CCCN2CCN(C)CC2)cc1COc1ccc(F)c(Cl)c1. The third-order valence-corrected chi connectivity index (χ3v) is 5.46. The van der Waals surface area contributed by atoms with Crippen LogP contribution < -0.4 is 9.47 Å². The zero-order valence-corrected chi connectivity index (χ0v) is 17.3. The van der Waals surface area contributed by atoms with Gasteiger partial charge in [-0.3, -0.25) is 0 Å². The van der Waals surface area contributed by atoms with Crippen LogP contribution in [0.2, 0.25) is 5.02 Å². The molecule has 28 heavy (non-hydrogen) atoms. The first-order valence-electron chi connectivity index (χ1n) is 9.69. The molecule has 6 heteroatoms. The summed E-state index contributed by atoms with van der Waals surface area (Å²) in [5.74, 6) is 0.874. The van der Waals surface area contributed by atoms with Crippen molar-refractivity contribution in [2.45, 2.75) is 19.4 Å². The van der Waals surface area contributed by atoms with E-state index < -0.39 is 5.82 Å². The van der Waals surface area contributed by atoms with Crippen LogP contribution in [0.25, 0.3) is 0 Å². The summed E-state index contributed by atoms with van der Waals surface area (Å²) in [6.07, 6.45) is 2.15. The molecule has 0 radical (unpaired) electrons. The molecule has 0 unspecified atom stereocenters. The molecule has 0 bridgehead atoms. The second-order valence-corrected chi connectivity index (χ2v) is 7.67. The topological polar surface area (TPSA) is 24.9 Å². The van der Waals surface area contributed by atoms with Crippen LogP contribution in [0.15, 0.2) is 36.4 Å². The number of aryl methyl sites for hydroxylation is 1. The summed E-state index contributed by atoms with van der Waals surface area (Å²) in [7, 11) is 3.83. The Morgan fingerprint density at radius 3 is 2.57 bits per heavy atom. The lowest BCUT2D eigenvalue weighted by atomic mass is 10.1. The first kappa shape index (κ1) is 20.9. The molecule has 0 N–H and O–H groups in total. The molecule has 1 saturated heterocycles. The maximum Gasteiger partial charge on any atom is 0.142 e. The highest BCUT2D eigenvalue weighted by molar-refractivity contribution is 6.30. The number of hydrogen-bond acceptors (Lipinski definition) is 4. The average Bonchev–Trinajstić information content (AvgIpc) is 2.70. The smallest absolute Gasteiger partial charge is 0.142 e. The minimum absolute atomic E-state index is 0.0575. The number of hydrogen-bond donors (Lipinski definition) is 0. The van der Waals surface area contributed by atoms with Crippen molar-refractivity contribution in [3.63, 3.8) is 0 Å². The lowest BCUT2D eigenvalue weighted by Gasteiger charge is -2.32. The Labute approximate surface area is 171 Å². The number of piperazine rings is 1. The van der Waals surface area contributed by atoms with Gasteiger partial charge < -0.3 is 19.3 Å². The quantitative estimate of drug-likeness (QED) is 0.654. The molecule has 0 aliphatic carbocycles. The van der Waals surface area contributed by atoms with Crippen molar-refractivity contribution in [2.75, 3.05) is 46.9 Å². The van der Waals surface area contributed by atoms with Crippen molar-refractivity contribution in [3.05, 3.63) is 58.4 Å². The molecule has 0 spiro atoms. The van der Waals surface area contributed by atoms with Crippen LogP contribution in [-0.2, 0) is 13.0 Å². The number of rotatable bonds is 8. The third-order valence-electron chi connectivity index (χ3n) is 5.17. The molecule has 152 valence electrons. The van der Waals surface area contributed by atoms with E-state index in [2.05, 4.69) is 29.0 Å². The first-order valence-corrected chi connectivity index (χ1v) is 10.1. The van der Waals surface area contributed by atoms with Crippen LogP contribution in [0, 0.1) is 5.82 Å². The second kappa shape index (κ2) is 10.1. The van der Waals surface area contributed by atoms with Crippen LogP contribution in [0.1, 0.15) is 17.5 Å². The molecule has 0 atom stereocenters. The molecule has 0 aromatic heterocycles. The highest BCUT2D eigenvalue weighted by atomic mass is 35.5. The summed E-state index contributed by atoms with van der Waals surface area (Å²) in [5, 5.41) is 0.0575. The van der Waals surface area contributed by atoms with E-state index in [4.69, 9.17) is 21.1 Å². The summed E-state index contributed by atoms with van der Waals surface area (Å²) in [6.45, 7) is 6.07. The van der Waals surface area contributed by atoms with Crippen LogP contribution in [0.5, 0.6) is 11.5 Å². The number of benzene rings is 2. The second-order valence-electron chi connectivity index (χ2n) is 7.26. The van der Waals surface area contributed by atoms with Crippen LogP contribution in [-0.4, -0.2) is 56.7 Å². The van der Waals surface area contributed by atoms with Gasteiger partial charge in [0.15, 0.2) is 0 Å². The molecule has 1 heterocycles. The highest BCUT2D eigenvalue weighted by Crippen LogP contribution is 2.25. The number of methoxy groups -OCH3 is 1. The van der Waals surface area contributed by atoms with Crippen LogP contribution in [0.4, 0.5) is 4.39 Å². The monoisotopic (exact) mass is 406 g/mol. The van der Waals surface area contributed by atoms with E-state index in [9.17, 15) is 4.39 Å². The van der Waals surface area contributed by atoms with Gasteiger partial charge in [0.1, 0.15) is 23.9 Å². The molecule has 2 aromatic carbocycles. The summed E-state index contributed by atoms with van der Waals surface area (Å²) < 4.78 is 24.5. The predicted molar refractivity (Wildman–Crippen MR) is 111 cm³/mol. The minimum atomic E-state index is -0.450. The van der Waals surface area contributed by atoms with Crippen LogP contribution in [0.3, 0.4) is 0 Å². The molecule has 1 fully saturated rings. The highest BCUT2D eigenvalue weighted by Gasteiger charge is 2.13. The van der Waals surface area contributed by atoms with E-state index in [1.807, 2.05) is 6.07 Å². The first-order chi connectivity index (χ1) is 13.5. The molecule has 1 aliphatic rings. The maximum absolute atomic E-state index is 13.3. The van der Waals surface area contributed by atoms with E-state index in [0.29, 0.717) is 12.4 Å². The minimum Gasteiger partial charge on any atom is -0.496 e. The number of halogens is 2. The Bertz CT molecular complexity index is 779. The fourth-order valence-corrected chi connectivity index (χ4v) is 3.58. The Kier molecular flexibility index (Phi) is 7.54. The summed E-state index contributed by atoms with van der Waals surface area (Å²) in [4.78, 5) is 4.91. The third kappa shape index (κ3) is 5.84. The lowest BCUT2D eigenvalue weighted by Crippen LogP contribution is -2.44. The van der Waals surface area contributed by atoms with Gasteiger partial charge in [0.05, 0.1) is 12.1 Å². The molecular weight excluding hydrogens is 379 g/mol. The standard InChI is InChI=1S/C22H28ClFN2O2/c1-25-10-12-26(13-11-25)9-3-4-17-5-8-22(27-2)18(14-17)16-28-19-6-7-21(24)20(23)15-19/h5-8,14-15H,3-4,9-13,16H2,1-2H3. The van der Waals surface area contributed by atoms with Gasteiger partial charge in [-0.2, -0.15) is 0 Å². The van der Waals surface area contributed by atoms with Crippen molar-refractivity contribution in [1.82, 2.24) is 9.80 Å². The molecule has 0 amide bonds. The molecule has 0 saturated carbocycles. The maximum atomic E-state index is 13.3. The van der Waals surface area contributed by atoms with Crippen molar-refractivity contribution >= 4 is 11.6 Å². The van der Waals surface area contributed by atoms with Gasteiger partial charge >= 0.3 is 0 Å². The number of ether oxygens (including phenoxy) is 2. The lowest BCUT2D eigenvalue weighted by molar-refractivity contribution is 0.153. The van der Waals surface area contributed by atoms with Gasteiger partial charge in [0, 0.05) is 37.8 Å². The van der Waals surface area contributed by atoms with Crippen molar-refractivity contribution in [1.29, 1.82) is 0 Å². The summed E-state index contributed by atoms with van der Waals surface area (Å²) in [6, 6.07) is 10.6. The van der Waals surface area contributed by atoms with Gasteiger partial charge in [-0.15, -0.1) is 0 Å². The van der Waals surface area contributed by atoms with Crippen molar-refractivity contribution in [3.8, 4) is 11.5 Å². The number of nitrogens with zero attached hydrogens (tertiary/aromatic N) is 2. The normalized spacial score (nSPS) is 15.6. The Balaban J connectivity index is 1.55. The van der Waals surface area contributed by atoms with Crippen molar-refractivity contribution in [2.24, 2.45) is 0 Å². The van der Waals surface area contributed by atoms with E-state index in [1.165, 1.54) is 17.7 Å². The van der Waals surface area contributed by atoms with Crippen LogP contribution >= 0.6 is 11.6 Å². The summed E-state index contributed by atoms with van der Waals surface area (Å²) >= 11 is 5.82. The van der Waals surface area contributed by atoms with E-state index >= 15 is 0 Å². The Hall–Kier alpha value is -1.82. The zero-order chi connectivity index (χ0) is 19.9. The molecule has 3 rings (SSSR count). The van der Waals surface area contributed by atoms with Gasteiger partial charge in [0.25, 0.3) is 0 Å².